The third-order valence-corrected chi connectivity index (χ3v) is 7.09. The molecule has 11 heteroatoms. The van der Waals surface area contributed by atoms with E-state index in [-0.39, 0.29) is 5.91 Å². The summed E-state index contributed by atoms with van der Waals surface area (Å²) in [7, 11) is 1.90. The molecule has 0 saturated carbocycles. The summed E-state index contributed by atoms with van der Waals surface area (Å²) in [5.41, 5.74) is 6.91. The Balaban J connectivity index is 1.19. The monoisotopic (exact) mass is 518 g/mol. The number of carbonyl (C=O) groups excluding carboxylic acids is 1. The van der Waals surface area contributed by atoms with Crippen LogP contribution in [0.1, 0.15) is 10.4 Å². The molecule has 1 fully saturated rings. The van der Waals surface area contributed by atoms with Crippen LogP contribution in [-0.2, 0) is 7.05 Å². The number of H-pyrrole nitrogens is 1. The Morgan fingerprint density at radius 3 is 2.72 bits per heavy atom. The van der Waals surface area contributed by atoms with Crippen molar-refractivity contribution >= 4 is 34.0 Å². The first kappa shape index (κ1) is 23.1. The molecule has 7 rings (SSSR count). The van der Waals surface area contributed by atoms with Crippen LogP contribution in [0.5, 0.6) is 0 Å². The molecule has 0 aromatic carbocycles. The van der Waals surface area contributed by atoms with Crippen molar-refractivity contribution in [2.24, 2.45) is 7.05 Å². The van der Waals surface area contributed by atoms with Gasteiger partial charge in [-0.25, -0.2) is 14.5 Å². The number of hydrogen-bond donors (Lipinski definition) is 3. The first-order valence-corrected chi connectivity index (χ1v) is 12.8. The van der Waals surface area contributed by atoms with Crippen LogP contribution in [0.15, 0.2) is 73.7 Å². The lowest BCUT2D eigenvalue weighted by Crippen LogP contribution is -2.43. The number of carbonyl (C=O) groups is 1. The minimum atomic E-state index is -0.200. The minimum absolute atomic E-state index is 0.200. The van der Waals surface area contributed by atoms with Gasteiger partial charge in [-0.15, -0.1) is 0 Å². The molecular formula is C28H26N10O. The van der Waals surface area contributed by atoms with Gasteiger partial charge in [0, 0.05) is 85.7 Å². The third kappa shape index (κ3) is 4.28. The molecule has 6 aromatic heterocycles. The van der Waals surface area contributed by atoms with Gasteiger partial charge in [-0.3, -0.25) is 9.48 Å². The Kier molecular flexibility index (Phi) is 5.55. The fraction of sp³-hybridized carbons (Fsp3) is 0.179. The predicted molar refractivity (Wildman–Crippen MR) is 150 cm³/mol. The van der Waals surface area contributed by atoms with E-state index in [1.165, 1.54) is 0 Å². The molecule has 0 atom stereocenters. The first-order chi connectivity index (χ1) is 19.1. The van der Waals surface area contributed by atoms with Gasteiger partial charge in [0.15, 0.2) is 0 Å². The number of aryl methyl sites for hydroxylation is 1. The maximum atomic E-state index is 13.1. The van der Waals surface area contributed by atoms with Crippen LogP contribution in [0.3, 0.4) is 0 Å². The lowest BCUT2D eigenvalue weighted by Gasteiger charge is -2.28. The number of aromatic nitrogens is 7. The van der Waals surface area contributed by atoms with Crippen LogP contribution in [-0.4, -0.2) is 66.4 Å². The molecular weight excluding hydrogens is 492 g/mol. The van der Waals surface area contributed by atoms with E-state index in [1.54, 1.807) is 23.1 Å². The normalized spacial score (nSPS) is 13.8. The van der Waals surface area contributed by atoms with E-state index in [9.17, 15) is 4.79 Å². The second-order valence-electron chi connectivity index (χ2n) is 9.62. The van der Waals surface area contributed by atoms with E-state index in [1.807, 2.05) is 60.7 Å². The van der Waals surface area contributed by atoms with E-state index >= 15 is 0 Å². The summed E-state index contributed by atoms with van der Waals surface area (Å²) in [5, 5.41) is 16.1. The lowest BCUT2D eigenvalue weighted by atomic mass is 10.0. The van der Waals surface area contributed by atoms with E-state index in [4.69, 9.17) is 0 Å². The largest absolute Gasteiger partial charge is 0.354 e. The third-order valence-electron chi connectivity index (χ3n) is 7.09. The highest BCUT2D eigenvalue weighted by atomic mass is 16.1. The number of piperazine rings is 1. The molecule has 7 heterocycles. The van der Waals surface area contributed by atoms with Gasteiger partial charge in [0.2, 0.25) is 0 Å². The summed E-state index contributed by atoms with van der Waals surface area (Å²) in [4.78, 5) is 27.6. The maximum Gasteiger partial charge on any atom is 0.255 e. The van der Waals surface area contributed by atoms with Gasteiger partial charge >= 0.3 is 0 Å². The van der Waals surface area contributed by atoms with Crippen LogP contribution in [0, 0.1) is 0 Å². The average molecular weight is 519 g/mol. The fourth-order valence-electron chi connectivity index (χ4n) is 5.07. The van der Waals surface area contributed by atoms with Crippen molar-refractivity contribution in [3.05, 3.63) is 79.3 Å². The Hall–Kier alpha value is -5.03. The first-order valence-electron chi connectivity index (χ1n) is 12.8. The van der Waals surface area contributed by atoms with E-state index in [0.717, 1.165) is 70.8 Å². The second-order valence-corrected chi connectivity index (χ2v) is 9.62. The fourth-order valence-corrected chi connectivity index (χ4v) is 5.07. The zero-order chi connectivity index (χ0) is 26.3. The number of rotatable bonds is 5. The number of fused-ring (bicyclic) bond motifs is 2. The van der Waals surface area contributed by atoms with Crippen molar-refractivity contribution in [3.63, 3.8) is 0 Å². The van der Waals surface area contributed by atoms with Crippen molar-refractivity contribution in [2.75, 3.05) is 36.4 Å². The molecule has 0 radical (unpaired) electrons. The van der Waals surface area contributed by atoms with Crippen LogP contribution >= 0.6 is 0 Å². The van der Waals surface area contributed by atoms with Crippen molar-refractivity contribution < 1.29 is 4.79 Å². The molecule has 1 saturated heterocycles. The van der Waals surface area contributed by atoms with Gasteiger partial charge < -0.3 is 20.5 Å². The number of aromatic amines is 1. The van der Waals surface area contributed by atoms with Crippen LogP contribution < -0.4 is 15.5 Å². The van der Waals surface area contributed by atoms with Crippen LogP contribution in [0.25, 0.3) is 38.8 Å². The van der Waals surface area contributed by atoms with E-state index in [0.29, 0.717) is 11.3 Å². The molecule has 11 nitrogen and oxygen atoms in total. The standard InChI is InChI=1S/C28H26N10O/c1-36-17-20(13-33-36)24-16-34-38-7-3-18(10-25(24)38)23-15-32-27-22(23)12-21(14-31-27)35-28(39)19-2-4-30-26(11-19)37-8-5-29-6-9-37/h2-4,7,10-17,29H,5-6,8-9H2,1H3,(H,31,32)(H,35,39). The minimum Gasteiger partial charge on any atom is -0.354 e. The Bertz CT molecular complexity index is 1820. The lowest BCUT2D eigenvalue weighted by molar-refractivity contribution is 0.102. The molecule has 0 unspecified atom stereocenters. The summed E-state index contributed by atoms with van der Waals surface area (Å²) in [6.07, 6.45) is 12.9. The molecule has 194 valence electrons. The zero-order valence-corrected chi connectivity index (χ0v) is 21.3. The van der Waals surface area contributed by atoms with Crippen molar-refractivity contribution in [2.45, 2.75) is 0 Å². The summed E-state index contributed by atoms with van der Waals surface area (Å²) >= 11 is 0. The smallest absolute Gasteiger partial charge is 0.255 e. The highest BCUT2D eigenvalue weighted by Gasteiger charge is 2.16. The molecule has 0 spiro atoms. The van der Waals surface area contributed by atoms with Crippen LogP contribution in [0.2, 0.25) is 0 Å². The van der Waals surface area contributed by atoms with Gasteiger partial charge in [-0.2, -0.15) is 10.2 Å². The number of hydrogen-bond acceptors (Lipinski definition) is 7. The SMILES string of the molecule is Cn1cc(-c2cnn3ccc(-c4c[nH]c5ncc(NC(=O)c6ccnc(N7CCNCC7)c6)cc45)cc23)cn1. The number of nitrogens with one attached hydrogen (secondary N) is 3. The van der Waals surface area contributed by atoms with Gasteiger partial charge in [0.05, 0.1) is 29.8 Å². The van der Waals surface area contributed by atoms with Crippen molar-refractivity contribution in [3.8, 4) is 22.3 Å². The quantitative estimate of drug-likeness (QED) is 0.320. The van der Waals surface area contributed by atoms with Crippen LogP contribution in [0.4, 0.5) is 11.5 Å². The molecule has 1 aliphatic rings. The Morgan fingerprint density at radius 2 is 1.87 bits per heavy atom. The van der Waals surface area contributed by atoms with Crippen molar-refractivity contribution in [1.82, 2.24) is 39.7 Å². The summed E-state index contributed by atoms with van der Waals surface area (Å²) in [5.74, 6) is 0.611. The number of anilines is 2. The molecule has 1 amide bonds. The molecule has 39 heavy (non-hydrogen) atoms. The van der Waals surface area contributed by atoms with Gasteiger partial charge in [0.25, 0.3) is 5.91 Å². The second kappa shape index (κ2) is 9.37. The predicted octanol–water partition coefficient (Wildman–Crippen LogP) is 3.34. The molecule has 0 bridgehead atoms. The Labute approximate surface area is 223 Å². The molecule has 0 aliphatic carbocycles. The van der Waals surface area contributed by atoms with E-state index < -0.39 is 0 Å². The maximum absolute atomic E-state index is 13.1. The summed E-state index contributed by atoms with van der Waals surface area (Å²) < 4.78 is 3.63. The topological polar surface area (TPSA) is 121 Å². The average Bonchev–Trinajstić information content (AvgIpc) is 3.71. The van der Waals surface area contributed by atoms with Crippen molar-refractivity contribution in [1.29, 1.82) is 0 Å². The van der Waals surface area contributed by atoms with E-state index in [2.05, 4.69) is 46.7 Å². The number of nitrogens with zero attached hydrogens (tertiary/aromatic N) is 7. The highest BCUT2D eigenvalue weighted by Crippen LogP contribution is 2.32. The highest BCUT2D eigenvalue weighted by molar-refractivity contribution is 6.06. The number of amides is 1. The summed E-state index contributed by atoms with van der Waals surface area (Å²) in [6, 6.07) is 9.66. The van der Waals surface area contributed by atoms with Gasteiger partial charge in [-0.05, 0) is 35.9 Å². The summed E-state index contributed by atoms with van der Waals surface area (Å²) in [6.45, 7) is 3.54. The molecule has 6 aromatic rings. The van der Waals surface area contributed by atoms with Gasteiger partial charge in [-0.1, -0.05) is 0 Å². The molecule has 1 aliphatic heterocycles. The molecule has 3 N–H and O–H groups in total. The van der Waals surface area contributed by atoms with Gasteiger partial charge in [0.1, 0.15) is 11.5 Å². The number of pyridine rings is 3. The Morgan fingerprint density at radius 1 is 0.974 bits per heavy atom. The zero-order valence-electron chi connectivity index (χ0n) is 21.3.